The normalized spacial score (nSPS) is 18.0. The number of hydrogen-bond donors (Lipinski definition) is 0. The fourth-order valence-electron chi connectivity index (χ4n) is 1.48. The Morgan fingerprint density at radius 2 is 2.33 bits per heavy atom. The molecule has 2 nitrogen and oxygen atoms in total. The Morgan fingerprint density at radius 3 is 2.75 bits per heavy atom. The van der Waals surface area contributed by atoms with E-state index < -0.39 is 0 Å². The van der Waals surface area contributed by atoms with Gasteiger partial charge in [0, 0.05) is 20.0 Å². The van der Waals surface area contributed by atoms with Crippen LogP contribution in [-0.2, 0) is 4.79 Å². The maximum Gasteiger partial charge on any atom is 0.219 e. The number of rotatable bonds is 1. The molecule has 0 fully saturated rings. The second kappa shape index (κ2) is 3.57. The summed E-state index contributed by atoms with van der Waals surface area (Å²) < 4.78 is 0. The molecule has 66 valence electrons. The van der Waals surface area contributed by atoms with Crippen LogP contribution in [0, 0.1) is 0 Å². The average molecular weight is 165 g/mol. The van der Waals surface area contributed by atoms with E-state index in [1.807, 2.05) is 11.0 Å². The molecule has 12 heavy (non-hydrogen) atoms. The van der Waals surface area contributed by atoms with Gasteiger partial charge in [0.05, 0.1) is 0 Å². The zero-order valence-electron chi connectivity index (χ0n) is 7.76. The average Bonchev–Trinajstić information content (AvgIpc) is 2.04. The van der Waals surface area contributed by atoms with Gasteiger partial charge in [-0.05, 0) is 18.9 Å². The highest BCUT2D eigenvalue weighted by atomic mass is 16.2. The van der Waals surface area contributed by atoms with Crippen LogP contribution in [0.3, 0.4) is 0 Å². The van der Waals surface area contributed by atoms with Crippen LogP contribution in [0.15, 0.2) is 23.8 Å². The predicted octanol–water partition coefficient (Wildman–Crippen LogP) is 1.74. The quantitative estimate of drug-likeness (QED) is 0.579. The van der Waals surface area contributed by atoms with E-state index in [4.69, 9.17) is 0 Å². The Balaban J connectivity index is 2.71. The van der Waals surface area contributed by atoms with Crippen molar-refractivity contribution in [3.63, 3.8) is 0 Å². The molecule has 0 aromatic heterocycles. The summed E-state index contributed by atoms with van der Waals surface area (Å²) in [5.41, 5.74) is 2.57. The number of amides is 1. The molecule has 0 unspecified atom stereocenters. The van der Waals surface area contributed by atoms with Gasteiger partial charge in [0.1, 0.15) is 0 Å². The van der Waals surface area contributed by atoms with Crippen molar-refractivity contribution >= 4 is 5.91 Å². The Bertz CT molecular complexity index is 240. The molecule has 0 saturated carbocycles. The molecule has 2 heteroatoms. The fraction of sp³-hybridized carbons (Fsp3) is 0.500. The van der Waals surface area contributed by atoms with E-state index >= 15 is 0 Å². The van der Waals surface area contributed by atoms with Crippen LogP contribution in [0.25, 0.3) is 0 Å². The zero-order valence-corrected chi connectivity index (χ0v) is 7.76. The second-order valence-electron chi connectivity index (χ2n) is 3.20. The first-order valence-electron chi connectivity index (χ1n) is 4.21. The van der Waals surface area contributed by atoms with Crippen LogP contribution in [0.5, 0.6) is 0 Å². The Kier molecular flexibility index (Phi) is 2.69. The van der Waals surface area contributed by atoms with Crippen molar-refractivity contribution in [2.24, 2.45) is 0 Å². The van der Waals surface area contributed by atoms with E-state index in [-0.39, 0.29) is 5.91 Å². The third kappa shape index (κ3) is 1.76. The molecular weight excluding hydrogens is 150 g/mol. The first-order chi connectivity index (χ1) is 5.65. The lowest BCUT2D eigenvalue weighted by Crippen LogP contribution is -2.34. The predicted molar refractivity (Wildman–Crippen MR) is 49.8 cm³/mol. The summed E-state index contributed by atoms with van der Waals surface area (Å²) >= 11 is 0. The standard InChI is InChI=1S/C10H15NO/c1-4-10-5-6-11(9(3)12)7-8(10)2/h4H,1,5-7H2,2-3H3. The summed E-state index contributed by atoms with van der Waals surface area (Å²) in [4.78, 5) is 12.9. The molecule has 1 aliphatic heterocycles. The van der Waals surface area contributed by atoms with Crippen LogP contribution in [-0.4, -0.2) is 23.9 Å². The Hall–Kier alpha value is -1.05. The van der Waals surface area contributed by atoms with Gasteiger partial charge >= 0.3 is 0 Å². The first-order valence-corrected chi connectivity index (χ1v) is 4.21. The van der Waals surface area contributed by atoms with E-state index in [2.05, 4.69) is 13.5 Å². The molecule has 0 spiro atoms. The van der Waals surface area contributed by atoms with Crippen molar-refractivity contribution in [2.45, 2.75) is 20.3 Å². The monoisotopic (exact) mass is 165 g/mol. The maximum absolute atomic E-state index is 11.0. The highest BCUT2D eigenvalue weighted by Crippen LogP contribution is 2.17. The smallest absolute Gasteiger partial charge is 0.219 e. The molecule has 0 bridgehead atoms. The summed E-state index contributed by atoms with van der Waals surface area (Å²) in [5.74, 6) is 0.164. The number of carbonyl (C=O) groups is 1. The molecule has 1 amide bonds. The van der Waals surface area contributed by atoms with Gasteiger partial charge in [0.2, 0.25) is 5.91 Å². The summed E-state index contributed by atoms with van der Waals surface area (Å²) in [6.45, 7) is 9.04. The summed E-state index contributed by atoms with van der Waals surface area (Å²) in [6, 6.07) is 0. The minimum absolute atomic E-state index is 0.164. The number of carbonyl (C=O) groups excluding carboxylic acids is 1. The van der Waals surface area contributed by atoms with Crippen molar-refractivity contribution in [1.29, 1.82) is 0 Å². The fourth-order valence-corrected chi connectivity index (χ4v) is 1.48. The van der Waals surface area contributed by atoms with Crippen molar-refractivity contribution in [3.8, 4) is 0 Å². The third-order valence-corrected chi connectivity index (χ3v) is 2.32. The van der Waals surface area contributed by atoms with Crippen molar-refractivity contribution in [2.75, 3.05) is 13.1 Å². The minimum atomic E-state index is 0.164. The van der Waals surface area contributed by atoms with Gasteiger partial charge < -0.3 is 4.90 Å². The first kappa shape index (κ1) is 9.04. The number of hydrogen-bond acceptors (Lipinski definition) is 1. The summed E-state index contributed by atoms with van der Waals surface area (Å²) in [6.07, 6.45) is 2.85. The Morgan fingerprint density at radius 1 is 1.67 bits per heavy atom. The summed E-state index contributed by atoms with van der Waals surface area (Å²) in [5, 5.41) is 0. The van der Waals surface area contributed by atoms with Crippen LogP contribution >= 0.6 is 0 Å². The maximum atomic E-state index is 11.0. The molecule has 0 aliphatic carbocycles. The van der Waals surface area contributed by atoms with Crippen LogP contribution in [0.4, 0.5) is 0 Å². The minimum Gasteiger partial charge on any atom is -0.339 e. The van der Waals surface area contributed by atoms with E-state index in [0.717, 1.165) is 19.5 Å². The molecule has 1 aliphatic rings. The number of allylic oxidation sites excluding steroid dienone is 1. The third-order valence-electron chi connectivity index (χ3n) is 2.32. The van der Waals surface area contributed by atoms with E-state index in [1.54, 1.807) is 6.92 Å². The van der Waals surface area contributed by atoms with Gasteiger partial charge in [0.25, 0.3) is 0 Å². The molecule has 1 heterocycles. The lowest BCUT2D eigenvalue weighted by molar-refractivity contribution is -0.128. The van der Waals surface area contributed by atoms with Gasteiger partial charge in [0.15, 0.2) is 0 Å². The van der Waals surface area contributed by atoms with Crippen LogP contribution in [0.1, 0.15) is 20.3 Å². The molecule has 0 radical (unpaired) electrons. The highest BCUT2D eigenvalue weighted by Gasteiger charge is 2.15. The van der Waals surface area contributed by atoms with Crippen molar-refractivity contribution in [1.82, 2.24) is 4.90 Å². The van der Waals surface area contributed by atoms with Crippen LogP contribution in [0.2, 0.25) is 0 Å². The Labute approximate surface area is 73.6 Å². The molecular formula is C10H15NO. The highest BCUT2D eigenvalue weighted by molar-refractivity contribution is 5.73. The lowest BCUT2D eigenvalue weighted by atomic mass is 10.0. The van der Waals surface area contributed by atoms with E-state index in [0.29, 0.717) is 0 Å². The molecule has 0 aromatic rings. The van der Waals surface area contributed by atoms with E-state index in [1.165, 1.54) is 11.1 Å². The topological polar surface area (TPSA) is 20.3 Å². The van der Waals surface area contributed by atoms with Gasteiger partial charge in [-0.3, -0.25) is 4.79 Å². The molecule has 0 N–H and O–H groups in total. The second-order valence-corrected chi connectivity index (χ2v) is 3.20. The van der Waals surface area contributed by atoms with Gasteiger partial charge in [-0.25, -0.2) is 0 Å². The largest absolute Gasteiger partial charge is 0.339 e. The van der Waals surface area contributed by atoms with Gasteiger partial charge in [-0.1, -0.05) is 18.2 Å². The SMILES string of the molecule is C=CC1=C(C)CN(C(C)=O)CC1. The van der Waals surface area contributed by atoms with Gasteiger partial charge in [-0.2, -0.15) is 0 Å². The molecule has 0 atom stereocenters. The molecule has 1 rings (SSSR count). The lowest BCUT2D eigenvalue weighted by Gasteiger charge is -2.27. The molecule has 0 aromatic carbocycles. The van der Waals surface area contributed by atoms with Gasteiger partial charge in [-0.15, -0.1) is 0 Å². The number of nitrogens with zero attached hydrogens (tertiary/aromatic N) is 1. The summed E-state index contributed by atoms with van der Waals surface area (Å²) in [7, 11) is 0. The van der Waals surface area contributed by atoms with Crippen molar-refractivity contribution in [3.05, 3.63) is 23.8 Å². The van der Waals surface area contributed by atoms with Crippen LogP contribution < -0.4 is 0 Å². The van der Waals surface area contributed by atoms with E-state index in [9.17, 15) is 4.79 Å². The van der Waals surface area contributed by atoms with Crippen molar-refractivity contribution < 1.29 is 4.79 Å². The zero-order chi connectivity index (χ0) is 9.14. The molecule has 0 saturated heterocycles.